The SMILES string of the molecule is CCC(NS(=O)(=O)c1ccc(OC(F)(F)F)cc1)c1ccc(OC)cc1. The van der Waals surface area contributed by atoms with Gasteiger partial charge in [0.05, 0.1) is 12.0 Å². The molecule has 5 nitrogen and oxygen atoms in total. The lowest BCUT2D eigenvalue weighted by Crippen LogP contribution is -2.28. The first-order chi connectivity index (χ1) is 12.1. The van der Waals surface area contributed by atoms with Gasteiger partial charge in [-0.05, 0) is 48.4 Å². The number of alkyl halides is 3. The molecule has 0 amide bonds. The van der Waals surface area contributed by atoms with Crippen molar-refractivity contribution in [3.05, 3.63) is 54.1 Å². The highest BCUT2D eigenvalue weighted by Gasteiger charge is 2.31. The van der Waals surface area contributed by atoms with Crippen molar-refractivity contribution in [1.29, 1.82) is 0 Å². The van der Waals surface area contributed by atoms with E-state index in [1.807, 2.05) is 6.92 Å². The van der Waals surface area contributed by atoms with Crippen LogP contribution < -0.4 is 14.2 Å². The van der Waals surface area contributed by atoms with Crippen molar-refractivity contribution in [3.8, 4) is 11.5 Å². The van der Waals surface area contributed by atoms with Gasteiger partial charge in [-0.25, -0.2) is 13.1 Å². The van der Waals surface area contributed by atoms with Crippen LogP contribution in [-0.2, 0) is 10.0 Å². The molecule has 0 fully saturated rings. The first-order valence-corrected chi connectivity index (χ1v) is 9.15. The maximum Gasteiger partial charge on any atom is 0.573 e. The third kappa shape index (κ3) is 5.37. The van der Waals surface area contributed by atoms with Crippen LogP contribution in [0.3, 0.4) is 0 Å². The Hall–Kier alpha value is -2.26. The second kappa shape index (κ2) is 7.96. The summed E-state index contributed by atoms with van der Waals surface area (Å²) in [6.45, 7) is 1.82. The Morgan fingerprint density at radius 2 is 1.54 bits per heavy atom. The van der Waals surface area contributed by atoms with Crippen LogP contribution in [0.1, 0.15) is 24.9 Å². The van der Waals surface area contributed by atoms with Gasteiger partial charge in [0, 0.05) is 6.04 Å². The summed E-state index contributed by atoms with van der Waals surface area (Å²) in [5.74, 6) is 0.158. The number of ether oxygens (including phenoxy) is 2. The van der Waals surface area contributed by atoms with E-state index in [4.69, 9.17) is 4.74 Å². The first-order valence-electron chi connectivity index (χ1n) is 7.66. The zero-order valence-electron chi connectivity index (χ0n) is 14.1. The van der Waals surface area contributed by atoms with E-state index in [-0.39, 0.29) is 4.90 Å². The van der Waals surface area contributed by atoms with Gasteiger partial charge in [0.2, 0.25) is 10.0 Å². The molecule has 0 aromatic heterocycles. The molecule has 0 aliphatic heterocycles. The average Bonchev–Trinajstić information content (AvgIpc) is 2.59. The number of hydrogen-bond donors (Lipinski definition) is 1. The lowest BCUT2D eigenvalue weighted by molar-refractivity contribution is -0.274. The van der Waals surface area contributed by atoms with Crippen LogP contribution in [0.4, 0.5) is 13.2 Å². The van der Waals surface area contributed by atoms with E-state index in [1.54, 1.807) is 24.3 Å². The molecule has 9 heteroatoms. The number of sulfonamides is 1. The average molecular weight is 389 g/mol. The predicted octanol–water partition coefficient (Wildman–Crippen LogP) is 4.02. The lowest BCUT2D eigenvalue weighted by Gasteiger charge is -2.18. The summed E-state index contributed by atoms with van der Waals surface area (Å²) >= 11 is 0. The van der Waals surface area contributed by atoms with Crippen LogP contribution >= 0.6 is 0 Å². The highest BCUT2D eigenvalue weighted by molar-refractivity contribution is 7.89. The summed E-state index contributed by atoms with van der Waals surface area (Å²) in [5, 5.41) is 0. The Morgan fingerprint density at radius 3 is 2.00 bits per heavy atom. The van der Waals surface area contributed by atoms with E-state index >= 15 is 0 Å². The zero-order chi connectivity index (χ0) is 19.4. The fraction of sp³-hybridized carbons (Fsp3) is 0.294. The lowest BCUT2D eigenvalue weighted by atomic mass is 10.1. The van der Waals surface area contributed by atoms with Crippen LogP contribution in [0.2, 0.25) is 0 Å². The number of benzene rings is 2. The molecule has 0 bridgehead atoms. The van der Waals surface area contributed by atoms with Gasteiger partial charge in [-0.15, -0.1) is 13.2 Å². The topological polar surface area (TPSA) is 64.6 Å². The molecular weight excluding hydrogens is 371 g/mol. The third-order valence-corrected chi connectivity index (χ3v) is 5.08. The fourth-order valence-corrected chi connectivity index (χ4v) is 3.61. The van der Waals surface area contributed by atoms with Gasteiger partial charge >= 0.3 is 6.36 Å². The number of rotatable bonds is 7. The third-order valence-electron chi connectivity index (χ3n) is 3.59. The Balaban J connectivity index is 2.17. The van der Waals surface area contributed by atoms with Gasteiger partial charge in [0.1, 0.15) is 11.5 Å². The zero-order valence-corrected chi connectivity index (χ0v) is 14.9. The summed E-state index contributed by atoms with van der Waals surface area (Å²) in [5.41, 5.74) is 0.744. The van der Waals surface area contributed by atoms with Gasteiger partial charge in [0.25, 0.3) is 0 Å². The molecule has 1 N–H and O–H groups in total. The second-order valence-electron chi connectivity index (χ2n) is 5.37. The van der Waals surface area contributed by atoms with Crippen LogP contribution in [0, 0.1) is 0 Å². The number of halogens is 3. The van der Waals surface area contributed by atoms with Gasteiger partial charge in [-0.1, -0.05) is 19.1 Å². The minimum Gasteiger partial charge on any atom is -0.497 e. The molecule has 1 unspecified atom stereocenters. The van der Waals surface area contributed by atoms with Gasteiger partial charge in [-0.2, -0.15) is 0 Å². The minimum atomic E-state index is -4.83. The summed E-state index contributed by atoms with van der Waals surface area (Å²) < 4.78 is 72.9. The molecule has 2 aromatic carbocycles. The standard InChI is InChI=1S/C17H18F3NO4S/c1-3-16(12-4-6-13(24-2)7-5-12)21-26(22,23)15-10-8-14(9-11-15)25-17(18,19)20/h4-11,16,21H,3H2,1-2H3. The molecule has 2 aromatic rings. The first kappa shape index (κ1) is 20.1. The molecule has 0 saturated carbocycles. The van der Waals surface area contributed by atoms with Crippen molar-refractivity contribution in [2.75, 3.05) is 7.11 Å². The minimum absolute atomic E-state index is 0.154. The molecule has 142 valence electrons. The van der Waals surface area contributed by atoms with E-state index < -0.39 is 28.2 Å². The van der Waals surface area contributed by atoms with Gasteiger partial charge in [-0.3, -0.25) is 0 Å². The summed E-state index contributed by atoms with van der Waals surface area (Å²) in [6, 6.07) is 10.5. The molecule has 0 aliphatic rings. The van der Waals surface area contributed by atoms with Crippen molar-refractivity contribution < 1.29 is 31.1 Å². The van der Waals surface area contributed by atoms with Crippen molar-refractivity contribution in [3.63, 3.8) is 0 Å². The Labute approximate surface area is 149 Å². The highest BCUT2D eigenvalue weighted by atomic mass is 32.2. The molecule has 0 aliphatic carbocycles. The molecular formula is C17H18F3NO4S. The molecule has 0 saturated heterocycles. The summed E-state index contributed by atoms with van der Waals surface area (Å²) in [7, 11) is -2.38. The maximum atomic E-state index is 12.5. The van der Waals surface area contributed by atoms with Crippen molar-refractivity contribution in [2.24, 2.45) is 0 Å². The Kier molecular flexibility index (Phi) is 6.14. The summed E-state index contributed by atoms with van der Waals surface area (Å²) in [6.07, 6.45) is -4.35. The predicted molar refractivity (Wildman–Crippen MR) is 89.5 cm³/mol. The summed E-state index contributed by atoms with van der Waals surface area (Å²) in [4.78, 5) is -0.154. The van der Waals surface area contributed by atoms with E-state index in [9.17, 15) is 21.6 Å². The Morgan fingerprint density at radius 1 is 1.00 bits per heavy atom. The van der Waals surface area contributed by atoms with Crippen molar-refractivity contribution in [1.82, 2.24) is 4.72 Å². The van der Waals surface area contributed by atoms with Crippen molar-refractivity contribution >= 4 is 10.0 Å². The largest absolute Gasteiger partial charge is 0.573 e. The quantitative estimate of drug-likeness (QED) is 0.777. The highest BCUT2D eigenvalue weighted by Crippen LogP contribution is 2.26. The number of nitrogens with one attached hydrogen (secondary N) is 1. The number of methoxy groups -OCH3 is 1. The van der Waals surface area contributed by atoms with Gasteiger partial charge in [0.15, 0.2) is 0 Å². The molecule has 0 heterocycles. The molecule has 0 radical (unpaired) electrons. The van der Waals surface area contributed by atoms with E-state index in [0.29, 0.717) is 12.2 Å². The Bertz CT molecular complexity index is 819. The molecule has 26 heavy (non-hydrogen) atoms. The smallest absolute Gasteiger partial charge is 0.497 e. The van der Waals surface area contributed by atoms with Gasteiger partial charge < -0.3 is 9.47 Å². The fourth-order valence-electron chi connectivity index (χ4n) is 2.30. The molecule has 2 rings (SSSR count). The van der Waals surface area contributed by atoms with Crippen LogP contribution in [0.15, 0.2) is 53.4 Å². The monoisotopic (exact) mass is 389 g/mol. The van der Waals surface area contributed by atoms with Crippen molar-refractivity contribution in [2.45, 2.75) is 30.6 Å². The molecule has 0 spiro atoms. The van der Waals surface area contributed by atoms with Crippen LogP contribution in [0.5, 0.6) is 11.5 Å². The maximum absolute atomic E-state index is 12.5. The molecule has 1 atom stereocenters. The van der Waals surface area contributed by atoms with Crippen LogP contribution in [0.25, 0.3) is 0 Å². The number of hydrogen-bond acceptors (Lipinski definition) is 4. The van der Waals surface area contributed by atoms with E-state index in [1.165, 1.54) is 7.11 Å². The van der Waals surface area contributed by atoms with E-state index in [2.05, 4.69) is 9.46 Å². The second-order valence-corrected chi connectivity index (χ2v) is 7.09. The van der Waals surface area contributed by atoms with Crippen LogP contribution in [-0.4, -0.2) is 21.9 Å². The van der Waals surface area contributed by atoms with E-state index in [0.717, 1.165) is 29.8 Å². The normalized spacial score (nSPS) is 13.3.